The van der Waals surface area contributed by atoms with Gasteiger partial charge in [0.15, 0.2) is 0 Å². The van der Waals surface area contributed by atoms with Crippen LogP contribution < -0.4 is 5.73 Å². The van der Waals surface area contributed by atoms with Crippen molar-refractivity contribution in [1.29, 1.82) is 0 Å². The Labute approximate surface area is 95.6 Å². The Morgan fingerprint density at radius 2 is 2.31 bits per heavy atom. The second-order valence-electron chi connectivity index (χ2n) is 4.80. The van der Waals surface area contributed by atoms with Crippen LogP contribution >= 0.6 is 0 Å². The number of hydrogen-bond donors (Lipinski definition) is 1. The summed E-state index contributed by atoms with van der Waals surface area (Å²) in [5.41, 5.74) is 5.62. The molecule has 2 saturated heterocycles. The number of nitrogens with two attached hydrogens (primary N) is 1. The van der Waals surface area contributed by atoms with Crippen LogP contribution in [0, 0.1) is 0 Å². The molecule has 2 fully saturated rings. The molecule has 0 aromatic heterocycles. The fourth-order valence-electron chi connectivity index (χ4n) is 2.50. The summed E-state index contributed by atoms with van der Waals surface area (Å²) in [6.45, 7) is 3.88. The largest absolute Gasteiger partial charge is 0.339 e. The van der Waals surface area contributed by atoms with E-state index in [4.69, 9.17) is 5.73 Å². The highest BCUT2D eigenvalue weighted by molar-refractivity contribution is 5.80. The summed E-state index contributed by atoms with van der Waals surface area (Å²) < 4.78 is 0. The summed E-state index contributed by atoms with van der Waals surface area (Å²) in [6, 6.07) is 0.161. The van der Waals surface area contributed by atoms with Crippen LogP contribution in [0.15, 0.2) is 0 Å². The van der Waals surface area contributed by atoms with Gasteiger partial charge in [0.05, 0.1) is 0 Å². The lowest BCUT2D eigenvalue weighted by Crippen LogP contribution is -2.53. The first-order valence-electron chi connectivity index (χ1n) is 5.90. The predicted octanol–water partition coefficient (Wildman–Crippen LogP) is -0.443. The van der Waals surface area contributed by atoms with E-state index in [1.54, 1.807) is 0 Å². The van der Waals surface area contributed by atoms with Gasteiger partial charge in [-0.3, -0.25) is 9.59 Å². The minimum Gasteiger partial charge on any atom is -0.339 e. The summed E-state index contributed by atoms with van der Waals surface area (Å²) in [5.74, 6) is 0.360. The van der Waals surface area contributed by atoms with Crippen molar-refractivity contribution >= 4 is 11.8 Å². The first-order valence-corrected chi connectivity index (χ1v) is 5.90. The van der Waals surface area contributed by atoms with Crippen LogP contribution in [-0.4, -0.2) is 53.3 Å². The highest BCUT2D eigenvalue weighted by Gasteiger charge is 2.36. The molecule has 5 heteroatoms. The molecule has 16 heavy (non-hydrogen) atoms. The Morgan fingerprint density at radius 3 is 3.00 bits per heavy atom. The molecule has 0 aliphatic carbocycles. The Kier molecular flexibility index (Phi) is 3.14. The molecule has 0 spiro atoms. The van der Waals surface area contributed by atoms with Crippen molar-refractivity contribution in [3.63, 3.8) is 0 Å². The average molecular weight is 225 g/mol. The van der Waals surface area contributed by atoms with Gasteiger partial charge in [0.25, 0.3) is 0 Å². The van der Waals surface area contributed by atoms with Crippen LogP contribution in [-0.2, 0) is 9.59 Å². The number of rotatable bonds is 2. The summed E-state index contributed by atoms with van der Waals surface area (Å²) in [7, 11) is 0. The van der Waals surface area contributed by atoms with E-state index in [1.807, 2.05) is 16.7 Å². The summed E-state index contributed by atoms with van der Waals surface area (Å²) in [5, 5.41) is 0. The highest BCUT2D eigenvalue weighted by Crippen LogP contribution is 2.23. The van der Waals surface area contributed by atoms with Crippen molar-refractivity contribution < 1.29 is 9.59 Å². The standard InChI is InChI=1S/C11H19N3O2/c1-8(12)6-11(16)13-4-5-14-9(7-13)2-3-10(14)15/h8-9H,2-7,12H2,1H3. The Balaban J connectivity index is 1.91. The first kappa shape index (κ1) is 11.4. The average Bonchev–Trinajstić information content (AvgIpc) is 2.59. The summed E-state index contributed by atoms with van der Waals surface area (Å²) in [6.07, 6.45) is 1.93. The molecule has 0 aromatic rings. The lowest BCUT2D eigenvalue weighted by Gasteiger charge is -2.37. The van der Waals surface area contributed by atoms with Crippen molar-refractivity contribution in [3.05, 3.63) is 0 Å². The van der Waals surface area contributed by atoms with E-state index in [1.165, 1.54) is 0 Å². The smallest absolute Gasteiger partial charge is 0.224 e. The number of hydrogen-bond acceptors (Lipinski definition) is 3. The molecule has 2 N–H and O–H groups in total. The molecule has 5 nitrogen and oxygen atoms in total. The minimum absolute atomic E-state index is 0.0873. The quantitative estimate of drug-likeness (QED) is 0.692. The zero-order valence-corrected chi connectivity index (χ0v) is 9.69. The van der Waals surface area contributed by atoms with Crippen molar-refractivity contribution in [3.8, 4) is 0 Å². The van der Waals surface area contributed by atoms with Gasteiger partial charge in [0.2, 0.25) is 11.8 Å². The van der Waals surface area contributed by atoms with E-state index in [-0.39, 0.29) is 23.9 Å². The third-order valence-corrected chi connectivity index (χ3v) is 3.34. The monoisotopic (exact) mass is 225 g/mol. The maximum atomic E-state index is 11.8. The second-order valence-corrected chi connectivity index (χ2v) is 4.80. The maximum Gasteiger partial charge on any atom is 0.224 e. The van der Waals surface area contributed by atoms with Crippen LogP contribution in [0.25, 0.3) is 0 Å². The molecule has 2 aliphatic heterocycles. The normalized spacial score (nSPS) is 26.9. The molecule has 2 rings (SSSR count). The molecule has 0 aromatic carbocycles. The molecule has 2 heterocycles. The van der Waals surface area contributed by atoms with E-state index in [9.17, 15) is 9.59 Å². The number of carbonyl (C=O) groups excluding carboxylic acids is 2. The van der Waals surface area contributed by atoms with Crippen LogP contribution in [0.5, 0.6) is 0 Å². The van der Waals surface area contributed by atoms with Gasteiger partial charge in [-0.2, -0.15) is 0 Å². The van der Waals surface area contributed by atoms with Crippen LogP contribution in [0.3, 0.4) is 0 Å². The lowest BCUT2D eigenvalue weighted by atomic mass is 10.1. The van der Waals surface area contributed by atoms with Crippen LogP contribution in [0.2, 0.25) is 0 Å². The van der Waals surface area contributed by atoms with Crippen LogP contribution in [0.1, 0.15) is 26.2 Å². The first-order chi connectivity index (χ1) is 7.58. The SMILES string of the molecule is CC(N)CC(=O)N1CCN2C(=O)CCC2C1. The number of nitrogens with zero attached hydrogens (tertiary/aromatic N) is 2. The topological polar surface area (TPSA) is 66.6 Å². The Morgan fingerprint density at radius 1 is 1.56 bits per heavy atom. The van der Waals surface area contributed by atoms with Gasteiger partial charge in [0, 0.05) is 44.6 Å². The second kappa shape index (κ2) is 4.41. The minimum atomic E-state index is -0.0873. The number of fused-ring (bicyclic) bond motifs is 1. The van der Waals surface area contributed by atoms with E-state index >= 15 is 0 Å². The number of piperazine rings is 1. The van der Waals surface area contributed by atoms with E-state index in [2.05, 4.69) is 0 Å². The molecule has 2 unspecified atom stereocenters. The van der Waals surface area contributed by atoms with Crippen molar-refractivity contribution in [2.45, 2.75) is 38.3 Å². The van der Waals surface area contributed by atoms with Crippen molar-refractivity contribution in [2.75, 3.05) is 19.6 Å². The Bertz CT molecular complexity index is 304. The summed E-state index contributed by atoms with van der Waals surface area (Å²) in [4.78, 5) is 27.0. The zero-order chi connectivity index (χ0) is 11.7. The van der Waals surface area contributed by atoms with Gasteiger partial charge < -0.3 is 15.5 Å². The van der Waals surface area contributed by atoms with Gasteiger partial charge in [-0.1, -0.05) is 0 Å². The fraction of sp³-hybridized carbons (Fsp3) is 0.818. The molecule has 0 bridgehead atoms. The molecule has 2 aliphatic rings. The van der Waals surface area contributed by atoms with Gasteiger partial charge >= 0.3 is 0 Å². The molecule has 0 radical (unpaired) electrons. The van der Waals surface area contributed by atoms with E-state index in [0.29, 0.717) is 32.5 Å². The van der Waals surface area contributed by atoms with Gasteiger partial charge in [-0.15, -0.1) is 0 Å². The Hall–Kier alpha value is -1.10. The third-order valence-electron chi connectivity index (χ3n) is 3.34. The molecular weight excluding hydrogens is 206 g/mol. The molecule has 0 saturated carbocycles. The molecular formula is C11H19N3O2. The van der Waals surface area contributed by atoms with Crippen LogP contribution in [0.4, 0.5) is 0 Å². The number of carbonyl (C=O) groups is 2. The molecule has 2 amide bonds. The van der Waals surface area contributed by atoms with Gasteiger partial charge in [-0.25, -0.2) is 0 Å². The fourth-order valence-corrected chi connectivity index (χ4v) is 2.50. The van der Waals surface area contributed by atoms with Crippen molar-refractivity contribution in [1.82, 2.24) is 9.80 Å². The molecule has 90 valence electrons. The highest BCUT2D eigenvalue weighted by atomic mass is 16.2. The lowest BCUT2D eigenvalue weighted by molar-refractivity contribution is -0.139. The summed E-state index contributed by atoms with van der Waals surface area (Å²) >= 11 is 0. The maximum absolute atomic E-state index is 11.8. The third kappa shape index (κ3) is 2.19. The predicted molar refractivity (Wildman–Crippen MR) is 59.6 cm³/mol. The van der Waals surface area contributed by atoms with Gasteiger partial charge in [-0.05, 0) is 13.3 Å². The van der Waals surface area contributed by atoms with Gasteiger partial charge in [0.1, 0.15) is 0 Å². The zero-order valence-electron chi connectivity index (χ0n) is 9.69. The van der Waals surface area contributed by atoms with E-state index in [0.717, 1.165) is 6.42 Å². The van der Waals surface area contributed by atoms with Crippen molar-refractivity contribution in [2.24, 2.45) is 5.73 Å². The van der Waals surface area contributed by atoms with E-state index < -0.39 is 0 Å². The number of amides is 2. The molecule has 2 atom stereocenters.